The standard InChI is InChI=1S/C16H23N3O3/c1-16(2,3)22-15(21)19-10-12(14(20)18-17)9-13(19)11-7-5-4-6-8-11/h4-8,12-13H,9-10,17H2,1-3H3,(H,18,20)/t12-,13+/m0/s1. The van der Waals surface area contributed by atoms with Crippen molar-refractivity contribution in [2.75, 3.05) is 6.54 Å². The zero-order valence-corrected chi connectivity index (χ0v) is 13.2. The minimum Gasteiger partial charge on any atom is -0.444 e. The summed E-state index contributed by atoms with van der Waals surface area (Å²) in [5.74, 6) is 4.64. The Bertz CT molecular complexity index is 539. The number of nitrogens with zero attached hydrogens (tertiary/aromatic N) is 1. The Kier molecular flexibility index (Phi) is 4.71. The number of carbonyl (C=O) groups is 2. The molecule has 1 aliphatic rings. The molecule has 0 spiro atoms. The number of hydrazine groups is 1. The Balaban J connectivity index is 2.23. The molecule has 1 heterocycles. The molecule has 1 aromatic rings. The van der Waals surface area contributed by atoms with Crippen molar-refractivity contribution in [3.63, 3.8) is 0 Å². The minimum atomic E-state index is -0.577. The quantitative estimate of drug-likeness (QED) is 0.497. The van der Waals surface area contributed by atoms with Crippen molar-refractivity contribution in [2.24, 2.45) is 11.8 Å². The van der Waals surface area contributed by atoms with Crippen molar-refractivity contribution in [3.05, 3.63) is 35.9 Å². The van der Waals surface area contributed by atoms with E-state index in [4.69, 9.17) is 10.6 Å². The second-order valence-corrected chi connectivity index (χ2v) is 6.50. The van der Waals surface area contributed by atoms with Crippen LogP contribution in [0.15, 0.2) is 30.3 Å². The van der Waals surface area contributed by atoms with Gasteiger partial charge < -0.3 is 9.64 Å². The van der Waals surface area contributed by atoms with Crippen LogP contribution < -0.4 is 11.3 Å². The number of rotatable bonds is 2. The van der Waals surface area contributed by atoms with Crippen LogP contribution in [0.2, 0.25) is 0 Å². The van der Waals surface area contributed by atoms with Crippen molar-refractivity contribution in [1.82, 2.24) is 10.3 Å². The van der Waals surface area contributed by atoms with Gasteiger partial charge in [-0.2, -0.15) is 0 Å². The van der Waals surface area contributed by atoms with Crippen LogP contribution in [0.3, 0.4) is 0 Å². The topological polar surface area (TPSA) is 84.7 Å². The number of carbonyl (C=O) groups excluding carboxylic acids is 2. The van der Waals surface area contributed by atoms with Gasteiger partial charge in [-0.3, -0.25) is 10.2 Å². The van der Waals surface area contributed by atoms with Gasteiger partial charge in [0, 0.05) is 6.54 Å². The minimum absolute atomic E-state index is 0.182. The number of likely N-dealkylation sites (tertiary alicyclic amines) is 1. The van der Waals surface area contributed by atoms with Gasteiger partial charge in [-0.25, -0.2) is 10.6 Å². The molecule has 6 nitrogen and oxygen atoms in total. The molecule has 1 aromatic carbocycles. The number of nitrogens with one attached hydrogen (secondary N) is 1. The third-order valence-electron chi connectivity index (χ3n) is 3.63. The van der Waals surface area contributed by atoms with Crippen LogP contribution in [0.25, 0.3) is 0 Å². The van der Waals surface area contributed by atoms with Crippen LogP contribution in [-0.2, 0) is 9.53 Å². The van der Waals surface area contributed by atoms with Crippen molar-refractivity contribution < 1.29 is 14.3 Å². The molecule has 0 unspecified atom stereocenters. The Morgan fingerprint density at radius 1 is 1.27 bits per heavy atom. The van der Waals surface area contributed by atoms with Gasteiger partial charge in [0.25, 0.3) is 0 Å². The van der Waals surface area contributed by atoms with Gasteiger partial charge in [-0.15, -0.1) is 0 Å². The fourth-order valence-corrected chi connectivity index (χ4v) is 2.66. The fraction of sp³-hybridized carbons (Fsp3) is 0.500. The van der Waals surface area contributed by atoms with Crippen LogP contribution in [0.5, 0.6) is 0 Å². The second kappa shape index (κ2) is 6.36. The van der Waals surface area contributed by atoms with Gasteiger partial charge in [0.2, 0.25) is 5.91 Å². The van der Waals surface area contributed by atoms with Crippen LogP contribution in [-0.4, -0.2) is 29.0 Å². The number of hydrogen-bond acceptors (Lipinski definition) is 4. The molecule has 2 atom stereocenters. The van der Waals surface area contributed by atoms with Crippen LogP contribution >= 0.6 is 0 Å². The first kappa shape index (κ1) is 16.3. The Morgan fingerprint density at radius 2 is 1.91 bits per heavy atom. The van der Waals surface area contributed by atoms with Gasteiger partial charge in [-0.1, -0.05) is 30.3 Å². The van der Waals surface area contributed by atoms with E-state index in [0.717, 1.165) is 5.56 Å². The predicted molar refractivity (Wildman–Crippen MR) is 82.6 cm³/mol. The third-order valence-corrected chi connectivity index (χ3v) is 3.63. The van der Waals surface area contributed by atoms with Crippen LogP contribution in [0.4, 0.5) is 4.79 Å². The zero-order valence-electron chi connectivity index (χ0n) is 13.2. The average Bonchev–Trinajstić information content (AvgIpc) is 2.91. The summed E-state index contributed by atoms with van der Waals surface area (Å²) in [6.45, 7) is 5.77. The number of amides is 2. The summed E-state index contributed by atoms with van der Waals surface area (Å²) in [6.07, 6.45) is 0.125. The number of ether oxygens (including phenoxy) is 1. The molecule has 1 fully saturated rings. The Morgan fingerprint density at radius 3 is 2.45 bits per heavy atom. The monoisotopic (exact) mass is 305 g/mol. The van der Waals surface area contributed by atoms with E-state index in [2.05, 4.69) is 5.43 Å². The highest BCUT2D eigenvalue weighted by Gasteiger charge is 2.40. The second-order valence-electron chi connectivity index (χ2n) is 6.50. The molecule has 0 radical (unpaired) electrons. The van der Waals surface area contributed by atoms with E-state index in [0.29, 0.717) is 13.0 Å². The molecule has 0 aromatic heterocycles. The average molecular weight is 305 g/mol. The third kappa shape index (κ3) is 3.76. The maximum atomic E-state index is 12.4. The predicted octanol–water partition coefficient (Wildman–Crippen LogP) is 1.97. The molecule has 6 heteroatoms. The molecule has 1 saturated heterocycles. The number of nitrogens with two attached hydrogens (primary N) is 1. The fourth-order valence-electron chi connectivity index (χ4n) is 2.66. The van der Waals surface area contributed by atoms with E-state index < -0.39 is 11.7 Å². The highest BCUT2D eigenvalue weighted by atomic mass is 16.6. The maximum Gasteiger partial charge on any atom is 0.410 e. The summed E-state index contributed by atoms with van der Waals surface area (Å²) in [5, 5.41) is 0. The van der Waals surface area contributed by atoms with Gasteiger partial charge in [-0.05, 0) is 32.8 Å². The zero-order chi connectivity index (χ0) is 16.3. The Labute approximate surface area is 130 Å². The summed E-state index contributed by atoms with van der Waals surface area (Å²) in [7, 11) is 0. The number of benzene rings is 1. The molecular weight excluding hydrogens is 282 g/mol. The molecule has 0 bridgehead atoms. The molecule has 0 saturated carbocycles. The van der Waals surface area contributed by atoms with E-state index in [1.54, 1.807) is 4.90 Å². The largest absolute Gasteiger partial charge is 0.444 e. The highest BCUT2D eigenvalue weighted by molar-refractivity contribution is 5.80. The van der Waals surface area contributed by atoms with Crippen LogP contribution in [0, 0.1) is 5.92 Å². The summed E-state index contributed by atoms with van der Waals surface area (Å²) in [5.41, 5.74) is 2.58. The lowest BCUT2D eigenvalue weighted by Gasteiger charge is -2.28. The first-order chi connectivity index (χ1) is 10.3. The summed E-state index contributed by atoms with van der Waals surface area (Å²) in [6, 6.07) is 9.46. The van der Waals surface area contributed by atoms with Crippen molar-refractivity contribution in [1.29, 1.82) is 0 Å². The maximum absolute atomic E-state index is 12.4. The van der Waals surface area contributed by atoms with E-state index >= 15 is 0 Å². The lowest BCUT2D eigenvalue weighted by molar-refractivity contribution is -0.124. The molecule has 0 aliphatic carbocycles. The van der Waals surface area contributed by atoms with Crippen molar-refractivity contribution >= 4 is 12.0 Å². The van der Waals surface area contributed by atoms with Gasteiger partial charge in [0.15, 0.2) is 0 Å². The van der Waals surface area contributed by atoms with E-state index in [-0.39, 0.29) is 17.9 Å². The first-order valence-electron chi connectivity index (χ1n) is 7.37. The lowest BCUT2D eigenvalue weighted by Crippen LogP contribution is -2.39. The summed E-state index contributed by atoms with van der Waals surface area (Å²) < 4.78 is 5.46. The molecule has 2 amide bonds. The molecule has 2 rings (SSSR count). The summed E-state index contributed by atoms with van der Waals surface area (Å²) in [4.78, 5) is 25.9. The summed E-state index contributed by atoms with van der Waals surface area (Å²) >= 11 is 0. The molecule has 120 valence electrons. The van der Waals surface area contributed by atoms with Gasteiger partial charge in [0.05, 0.1) is 12.0 Å². The molecule has 22 heavy (non-hydrogen) atoms. The molecular formula is C16H23N3O3. The molecule has 3 N–H and O–H groups in total. The van der Waals surface area contributed by atoms with Gasteiger partial charge in [0.1, 0.15) is 5.60 Å². The number of hydrogen-bond donors (Lipinski definition) is 2. The van der Waals surface area contributed by atoms with Crippen molar-refractivity contribution in [3.8, 4) is 0 Å². The van der Waals surface area contributed by atoms with Crippen molar-refractivity contribution in [2.45, 2.75) is 38.8 Å². The van der Waals surface area contributed by atoms with Gasteiger partial charge >= 0.3 is 6.09 Å². The Hall–Kier alpha value is -2.08. The highest BCUT2D eigenvalue weighted by Crippen LogP contribution is 2.36. The smallest absolute Gasteiger partial charge is 0.410 e. The van der Waals surface area contributed by atoms with E-state index in [1.807, 2.05) is 51.1 Å². The SMILES string of the molecule is CC(C)(C)OC(=O)N1C[C@@H](C(=O)NN)C[C@@H]1c1ccccc1. The normalized spacial score (nSPS) is 21.5. The van der Waals surface area contributed by atoms with Crippen LogP contribution in [0.1, 0.15) is 38.8 Å². The van der Waals surface area contributed by atoms with E-state index in [9.17, 15) is 9.59 Å². The lowest BCUT2D eigenvalue weighted by atomic mass is 9.99. The molecule has 1 aliphatic heterocycles. The van der Waals surface area contributed by atoms with E-state index in [1.165, 1.54) is 0 Å². The first-order valence-corrected chi connectivity index (χ1v) is 7.37.